The van der Waals surface area contributed by atoms with Crippen LogP contribution in [-0.4, -0.2) is 12.0 Å². The second-order valence-corrected chi connectivity index (χ2v) is 6.09. The third-order valence-electron chi connectivity index (χ3n) is 3.37. The largest absolute Gasteiger partial charge is 0.481 e. The average Bonchev–Trinajstić information content (AvgIpc) is 2.49. The lowest BCUT2D eigenvalue weighted by Gasteiger charge is -2.16. The van der Waals surface area contributed by atoms with Gasteiger partial charge in [0.25, 0.3) is 5.91 Å². The Balaban J connectivity index is 2.02. The Kier molecular flexibility index (Phi) is 5.61. The maximum absolute atomic E-state index is 12.3. The van der Waals surface area contributed by atoms with E-state index in [0.717, 1.165) is 22.1 Å². The summed E-state index contributed by atoms with van der Waals surface area (Å²) >= 11 is 3.49. The lowest BCUT2D eigenvalue weighted by Crippen LogP contribution is -2.30. The molecule has 2 rings (SSSR count). The molecule has 0 aromatic heterocycles. The normalized spacial score (nSPS) is 11.8. The van der Waals surface area contributed by atoms with Crippen LogP contribution in [-0.2, 0) is 11.2 Å². The van der Waals surface area contributed by atoms with Crippen LogP contribution in [0.15, 0.2) is 46.9 Å². The van der Waals surface area contributed by atoms with Gasteiger partial charge in [0, 0.05) is 4.47 Å². The number of hydrogen-bond acceptors (Lipinski definition) is 2. The Hall–Kier alpha value is -1.81. The Morgan fingerprint density at radius 3 is 2.68 bits per heavy atom. The van der Waals surface area contributed by atoms with Gasteiger partial charge >= 0.3 is 0 Å². The van der Waals surface area contributed by atoms with Crippen molar-refractivity contribution in [2.45, 2.75) is 33.3 Å². The zero-order valence-corrected chi connectivity index (χ0v) is 14.6. The van der Waals surface area contributed by atoms with Crippen molar-refractivity contribution in [1.82, 2.24) is 0 Å². The summed E-state index contributed by atoms with van der Waals surface area (Å²) in [5.41, 5.74) is 3.07. The van der Waals surface area contributed by atoms with Crippen LogP contribution in [0.25, 0.3) is 0 Å². The van der Waals surface area contributed by atoms with Crippen molar-refractivity contribution in [1.29, 1.82) is 0 Å². The van der Waals surface area contributed by atoms with Crippen molar-refractivity contribution in [2.75, 3.05) is 5.32 Å². The minimum atomic E-state index is -0.570. The zero-order chi connectivity index (χ0) is 16.1. The van der Waals surface area contributed by atoms with E-state index < -0.39 is 6.10 Å². The van der Waals surface area contributed by atoms with E-state index in [-0.39, 0.29) is 5.91 Å². The van der Waals surface area contributed by atoms with Gasteiger partial charge in [-0.25, -0.2) is 0 Å². The average molecular weight is 362 g/mol. The second kappa shape index (κ2) is 7.45. The highest BCUT2D eigenvalue weighted by Crippen LogP contribution is 2.24. The molecule has 1 unspecified atom stereocenters. The number of benzene rings is 2. The number of anilines is 1. The van der Waals surface area contributed by atoms with Gasteiger partial charge in [-0.3, -0.25) is 4.79 Å². The highest BCUT2D eigenvalue weighted by Gasteiger charge is 2.16. The minimum Gasteiger partial charge on any atom is -0.481 e. The molecule has 0 bridgehead atoms. The fraction of sp³-hybridized carbons (Fsp3) is 0.278. The van der Waals surface area contributed by atoms with Crippen molar-refractivity contribution < 1.29 is 9.53 Å². The molecule has 3 nitrogen and oxygen atoms in total. The highest BCUT2D eigenvalue weighted by atomic mass is 79.9. The van der Waals surface area contributed by atoms with Crippen molar-refractivity contribution in [2.24, 2.45) is 0 Å². The number of carbonyl (C=O) groups is 1. The van der Waals surface area contributed by atoms with E-state index in [1.54, 1.807) is 6.92 Å². The van der Waals surface area contributed by atoms with Crippen LogP contribution < -0.4 is 10.1 Å². The third kappa shape index (κ3) is 4.34. The topological polar surface area (TPSA) is 38.3 Å². The van der Waals surface area contributed by atoms with Crippen molar-refractivity contribution in [3.8, 4) is 5.75 Å². The zero-order valence-electron chi connectivity index (χ0n) is 13.0. The Morgan fingerprint density at radius 2 is 2.05 bits per heavy atom. The maximum atomic E-state index is 12.3. The fourth-order valence-corrected chi connectivity index (χ4v) is 2.59. The lowest BCUT2D eigenvalue weighted by molar-refractivity contribution is -0.122. The van der Waals surface area contributed by atoms with Gasteiger partial charge in [-0.05, 0) is 71.6 Å². The molecule has 0 fully saturated rings. The van der Waals surface area contributed by atoms with E-state index in [1.807, 2.05) is 49.4 Å². The van der Waals surface area contributed by atoms with E-state index in [2.05, 4.69) is 28.2 Å². The number of hydrogen-bond donors (Lipinski definition) is 1. The molecular formula is C18H20BrNO2. The molecule has 0 spiro atoms. The molecule has 4 heteroatoms. The summed E-state index contributed by atoms with van der Waals surface area (Å²) < 4.78 is 6.56. The summed E-state index contributed by atoms with van der Waals surface area (Å²) in [5, 5.41) is 2.89. The predicted molar refractivity (Wildman–Crippen MR) is 93.4 cm³/mol. The fourth-order valence-electron chi connectivity index (χ4n) is 2.06. The SMILES string of the molecule is CCc1ccc(NC(=O)C(C)Oc2cccc(C)c2)c(Br)c1. The van der Waals surface area contributed by atoms with Gasteiger partial charge < -0.3 is 10.1 Å². The van der Waals surface area contributed by atoms with Crippen molar-refractivity contribution in [3.63, 3.8) is 0 Å². The number of nitrogens with one attached hydrogen (secondary N) is 1. The van der Waals surface area contributed by atoms with Crippen LogP contribution in [0.3, 0.4) is 0 Å². The quantitative estimate of drug-likeness (QED) is 0.835. The molecule has 1 amide bonds. The van der Waals surface area contributed by atoms with Crippen molar-refractivity contribution in [3.05, 3.63) is 58.1 Å². The van der Waals surface area contributed by atoms with Crippen LogP contribution in [0.4, 0.5) is 5.69 Å². The van der Waals surface area contributed by atoms with Crippen molar-refractivity contribution >= 4 is 27.5 Å². The summed E-state index contributed by atoms with van der Waals surface area (Å²) in [7, 11) is 0. The lowest BCUT2D eigenvalue weighted by atomic mass is 10.1. The van der Waals surface area contributed by atoms with Gasteiger partial charge in [0.05, 0.1) is 5.69 Å². The minimum absolute atomic E-state index is 0.175. The maximum Gasteiger partial charge on any atom is 0.265 e. The smallest absolute Gasteiger partial charge is 0.265 e. The Labute approximate surface area is 139 Å². The van der Waals surface area contributed by atoms with Crippen LogP contribution in [0.5, 0.6) is 5.75 Å². The van der Waals surface area contributed by atoms with Crippen LogP contribution in [0.1, 0.15) is 25.0 Å². The predicted octanol–water partition coefficient (Wildman–Crippen LogP) is 4.73. The van der Waals surface area contributed by atoms with Gasteiger partial charge in [-0.15, -0.1) is 0 Å². The van der Waals surface area contributed by atoms with Gasteiger partial charge in [-0.1, -0.05) is 25.1 Å². The Bertz CT molecular complexity index is 670. The monoisotopic (exact) mass is 361 g/mol. The number of aryl methyl sites for hydroxylation is 2. The number of ether oxygens (including phenoxy) is 1. The molecule has 116 valence electrons. The summed E-state index contributed by atoms with van der Waals surface area (Å²) in [6.07, 6.45) is 0.388. The number of amides is 1. The molecule has 1 N–H and O–H groups in total. The van der Waals surface area contributed by atoms with Gasteiger partial charge in [0.2, 0.25) is 0 Å². The van der Waals surface area contributed by atoms with Crippen LogP contribution in [0, 0.1) is 6.92 Å². The molecule has 22 heavy (non-hydrogen) atoms. The van der Waals surface area contributed by atoms with E-state index in [4.69, 9.17) is 4.74 Å². The second-order valence-electron chi connectivity index (χ2n) is 5.23. The van der Waals surface area contributed by atoms with Gasteiger partial charge in [0.1, 0.15) is 5.75 Å². The first-order chi connectivity index (χ1) is 10.5. The molecule has 0 saturated carbocycles. The molecular weight excluding hydrogens is 342 g/mol. The summed E-state index contributed by atoms with van der Waals surface area (Å²) in [4.78, 5) is 12.3. The Morgan fingerprint density at radius 1 is 1.27 bits per heavy atom. The van der Waals surface area contributed by atoms with Crippen LogP contribution in [0.2, 0.25) is 0 Å². The first-order valence-corrected chi connectivity index (χ1v) is 8.11. The number of rotatable bonds is 5. The standard InChI is InChI=1S/C18H20BrNO2/c1-4-14-8-9-17(16(19)11-14)20-18(21)13(3)22-15-7-5-6-12(2)10-15/h5-11,13H,4H2,1-3H3,(H,20,21). The molecule has 0 aliphatic heterocycles. The van der Waals surface area contributed by atoms with Crippen LogP contribution >= 0.6 is 15.9 Å². The number of carbonyl (C=O) groups excluding carboxylic acids is 1. The molecule has 0 aliphatic carbocycles. The third-order valence-corrected chi connectivity index (χ3v) is 4.03. The van der Waals surface area contributed by atoms with E-state index in [9.17, 15) is 4.79 Å². The molecule has 2 aromatic carbocycles. The number of halogens is 1. The molecule has 0 heterocycles. The van der Waals surface area contributed by atoms with E-state index in [0.29, 0.717) is 5.75 Å². The summed E-state index contributed by atoms with van der Waals surface area (Å²) in [6, 6.07) is 13.6. The molecule has 0 saturated heterocycles. The first kappa shape index (κ1) is 16.6. The van der Waals surface area contributed by atoms with E-state index in [1.165, 1.54) is 5.56 Å². The van der Waals surface area contributed by atoms with E-state index >= 15 is 0 Å². The molecule has 1 atom stereocenters. The molecule has 2 aromatic rings. The van der Waals surface area contributed by atoms with Gasteiger partial charge in [0.15, 0.2) is 6.10 Å². The van der Waals surface area contributed by atoms with Gasteiger partial charge in [-0.2, -0.15) is 0 Å². The first-order valence-electron chi connectivity index (χ1n) is 7.32. The highest BCUT2D eigenvalue weighted by molar-refractivity contribution is 9.10. The summed E-state index contributed by atoms with van der Waals surface area (Å²) in [6.45, 7) is 5.83. The molecule has 0 radical (unpaired) electrons. The summed E-state index contributed by atoms with van der Waals surface area (Å²) in [5.74, 6) is 0.523. The molecule has 0 aliphatic rings.